The summed E-state index contributed by atoms with van der Waals surface area (Å²) < 4.78 is 111. The maximum Gasteiger partial charge on any atom is 0.343 e. The summed E-state index contributed by atoms with van der Waals surface area (Å²) in [5.41, 5.74) is 2.00. The van der Waals surface area contributed by atoms with Crippen molar-refractivity contribution in [3.63, 3.8) is 0 Å². The molecule has 1 aromatic rings. The number of esters is 4. The lowest BCUT2D eigenvalue weighted by molar-refractivity contribution is -0.314. The Bertz CT molecular complexity index is 4250. The van der Waals surface area contributed by atoms with E-state index in [-0.39, 0.29) is 205 Å². The number of carbonyl (C=O) groups is 6. The number of fused-ring (bicyclic) bond motifs is 10. The van der Waals surface area contributed by atoms with Crippen LogP contribution in [0.15, 0.2) is 71.1 Å². The van der Waals surface area contributed by atoms with Crippen molar-refractivity contribution in [2.75, 3.05) is 70.8 Å². The van der Waals surface area contributed by atoms with E-state index >= 15 is 0 Å². The van der Waals surface area contributed by atoms with Crippen LogP contribution in [-0.4, -0.2) is 257 Å². The minimum Gasteiger partial charge on any atom is -0.462 e. The van der Waals surface area contributed by atoms with Crippen molar-refractivity contribution >= 4 is 64.2 Å². The van der Waals surface area contributed by atoms with Gasteiger partial charge < -0.3 is 95.1 Å². The molecule has 14 aliphatic rings. The van der Waals surface area contributed by atoms with Crippen LogP contribution in [0.4, 0.5) is 0 Å². The summed E-state index contributed by atoms with van der Waals surface area (Å²) in [6.07, 6.45) is 24.2. The van der Waals surface area contributed by atoms with E-state index in [9.17, 15) is 28.8 Å². The third kappa shape index (κ3) is 23.0. The van der Waals surface area contributed by atoms with E-state index in [0.717, 1.165) is 120 Å². The second-order valence-electron chi connectivity index (χ2n) is 41.4. The van der Waals surface area contributed by atoms with Gasteiger partial charge in [0.05, 0.1) is 72.1 Å². The van der Waals surface area contributed by atoms with Crippen LogP contribution < -0.4 is 0 Å². The Morgan fingerprint density at radius 3 is 1.45 bits per heavy atom. The van der Waals surface area contributed by atoms with E-state index in [1.165, 1.54) is 5.57 Å². The molecule has 0 aromatic heterocycles. The fourth-order valence-corrected chi connectivity index (χ4v) is 25.2. The first-order chi connectivity index (χ1) is 63.0. The normalized spacial score (nSPS) is 40.2. The van der Waals surface area contributed by atoms with E-state index in [4.69, 9.17) is 108 Å². The van der Waals surface area contributed by atoms with Crippen LogP contribution in [0.25, 0.3) is 5.57 Å². The second kappa shape index (κ2) is 46.0. The molecule has 0 N–H and O–H groups in total. The predicted octanol–water partition coefficient (Wildman–Crippen LogP) is 17.3. The summed E-state index contributed by atoms with van der Waals surface area (Å²) in [7, 11) is 18.3. The van der Waals surface area contributed by atoms with E-state index in [0.29, 0.717) is 77.4 Å². The molecule has 6 saturated heterocycles. The van der Waals surface area contributed by atoms with Crippen LogP contribution in [0, 0.1) is 76.4 Å². The highest BCUT2D eigenvalue weighted by Crippen LogP contribution is 2.59. The highest BCUT2D eigenvalue weighted by atomic mass is 35.5. The molecule has 7 heterocycles. The summed E-state index contributed by atoms with van der Waals surface area (Å²) in [6.45, 7) is 24.1. The molecule has 9 fully saturated rings. The Labute approximate surface area is 795 Å². The van der Waals surface area contributed by atoms with Gasteiger partial charge in [0.15, 0.2) is 48.1 Å². The topological polar surface area (TPSA) is 275 Å². The van der Waals surface area contributed by atoms with Gasteiger partial charge in [0.1, 0.15) is 54.4 Å². The molecular weight excluding hydrogens is 1730 g/mol. The van der Waals surface area contributed by atoms with E-state index in [1.54, 1.807) is 60.9 Å². The Hall–Kier alpha value is -4.92. The molecule has 0 unspecified atom stereocenters. The van der Waals surface area contributed by atoms with Crippen molar-refractivity contribution in [1.82, 2.24) is 9.80 Å². The van der Waals surface area contributed by atoms with Crippen LogP contribution in [0.3, 0.4) is 0 Å². The molecule has 15 rings (SSSR count). The van der Waals surface area contributed by atoms with Gasteiger partial charge in [-0.25, -0.2) is 4.79 Å². The zero-order chi connectivity index (χ0) is 95.2. The molecule has 34 atom stereocenters. The summed E-state index contributed by atoms with van der Waals surface area (Å²) >= 11 is 12.4. The van der Waals surface area contributed by atoms with Gasteiger partial charge >= 0.3 is 23.9 Å². The van der Waals surface area contributed by atoms with E-state index in [2.05, 4.69) is 103 Å². The molecule has 7 aliphatic heterocycles. The van der Waals surface area contributed by atoms with Crippen LogP contribution in [0.1, 0.15) is 243 Å². The van der Waals surface area contributed by atoms with E-state index < -0.39 is 41.8 Å². The molecule has 0 radical (unpaired) electrons. The number of ether oxygens (including phenoxy) is 18. The monoisotopic (exact) mass is 1890 g/mol. The third-order valence-corrected chi connectivity index (χ3v) is 33.1. The molecule has 1 spiro atoms. The number of hydrogen-bond acceptors (Lipinski definition) is 26. The molecule has 3 saturated carbocycles. The smallest absolute Gasteiger partial charge is 0.343 e. The van der Waals surface area contributed by atoms with Crippen molar-refractivity contribution in [3.8, 4) is 0 Å². The minimum atomic E-state index is -0.882. The minimum absolute atomic E-state index is 0.0364. The summed E-state index contributed by atoms with van der Waals surface area (Å²) in [5.74, 6) is -0.534. The largest absolute Gasteiger partial charge is 0.462 e. The van der Waals surface area contributed by atoms with E-state index in [1.807, 2.05) is 48.5 Å². The SMILES string of the molecule is CCC(C)(C)C(=O)OC1=C(c2ccc(Cl)cc2Cl)C(=O)OC12CCCCC2.CC[C@H]1CCC[C@H](O[C@H]2CC[C@H](N(C)C)[C@@H](C)O2)[C@@H](C)C(=O)C2=C[C@@H]3[C@@H](C=C(C)[C@@H]4C[C@@H](O[C@@H]5O[C@@H](C)[C@H](OC)[C@@H](OC)[C@H]5OC)C[C@@H]34)[C@@H]2CC(=O)O1.CC[C@H]1CCC[C@H](O[C@H]2CC[C@H](N(C)C)[C@@H](C)O2)[C@@H](C)C(=O)C2=C[C@@H]3[C@@H](C=C[C@@H]4C[C@@H](O[C@@H]5O[C@@H](C)[C@H](OC)[C@@H](OC)[C@H]5OC)C[C@@H]34)[C@@H]2CC(=O)O1. The van der Waals surface area contributed by atoms with Crippen LogP contribution in [0.5, 0.6) is 0 Å². The van der Waals surface area contributed by atoms with Gasteiger partial charge in [-0.1, -0.05) is 106 Å². The van der Waals surface area contributed by atoms with Crippen molar-refractivity contribution in [1.29, 1.82) is 0 Å². The lowest BCUT2D eigenvalue weighted by atomic mass is 9.67. The molecule has 26 nitrogen and oxygen atoms in total. The zero-order valence-corrected chi connectivity index (χ0v) is 84.2. The molecule has 740 valence electrons. The van der Waals surface area contributed by atoms with Gasteiger partial charge in [-0.2, -0.15) is 0 Å². The number of benzene rings is 1. The van der Waals surface area contributed by atoms with Gasteiger partial charge in [-0.3, -0.25) is 24.0 Å². The molecule has 0 amide bonds. The number of methoxy groups -OCH3 is 6. The number of ketones is 2. The summed E-state index contributed by atoms with van der Waals surface area (Å²) in [4.78, 5) is 86.6. The number of nitrogens with zero attached hydrogens (tertiary/aromatic N) is 2. The number of hydrogen-bond donors (Lipinski definition) is 0. The summed E-state index contributed by atoms with van der Waals surface area (Å²) in [5, 5.41) is 0.791. The van der Waals surface area contributed by atoms with Crippen LogP contribution >= 0.6 is 23.2 Å². The standard InChI is InChI=1S/C42H67NO10.C41H65NO10.C21H24Cl2O4/c1-11-26-13-12-14-35(53-37-16-15-34(43(6)7)24(4)49-37)23(3)38(45)33-20-31-29(32(33)21-36(44)51-26)17-22(2)28-18-27(19-30(28)31)52-42-41(48-10)40(47-9)39(46-8)25(5)50-42;1-10-26-12-11-13-34(52-36-17-16-33(42(5)6)23(3)48-36)22(2)37(44)32-20-30-28(31(32)21-35(43)50-26)15-14-25-18-27(19-29(25)30)51-41-40(47-9)39(46-8)38(45-7)24(4)49-41;1-4-20(2,3)19(25)26-17-16(14-9-8-13(22)12-15(14)23)18(24)27-21(17)10-6-5-7-11-21/h17,20,23-32,34-35,37,39-42H,11-16,18-19,21H2,1-10H3;14-15,20,22-31,33-34,36,38-41H,10-13,16-19,21H2,1-9H3;8-9,12H,4-7,10-11H2,1-3H3/t23-,24-,25+,26+,27-,28+,29-,30-,31-,32+,34+,35+,37+,39+,40-,41-,42+;22-,23-,24+,25-,26+,27-,28-,29-,30-,31+,33+,34+,36+,38+,39-,40-,41+;/m11./s1. The Kier molecular flexibility index (Phi) is 36.4. The highest BCUT2D eigenvalue weighted by molar-refractivity contribution is 6.37. The van der Waals surface area contributed by atoms with Crippen LogP contribution in [0.2, 0.25) is 10.0 Å². The second-order valence-corrected chi connectivity index (χ2v) is 42.2. The predicted molar refractivity (Wildman–Crippen MR) is 499 cm³/mol. The highest BCUT2D eigenvalue weighted by Gasteiger charge is 2.58. The van der Waals surface area contributed by atoms with Crippen molar-refractivity contribution in [2.45, 2.75) is 378 Å². The first-order valence-corrected chi connectivity index (χ1v) is 50.5. The van der Waals surface area contributed by atoms with Gasteiger partial charge in [-0.05, 0) is 282 Å². The number of cyclic esters (lactones) is 2. The number of allylic oxidation sites excluding steroid dienone is 8. The molecule has 0 bridgehead atoms. The number of rotatable bonds is 22. The van der Waals surface area contributed by atoms with Crippen LogP contribution in [-0.2, 0) is 114 Å². The zero-order valence-electron chi connectivity index (χ0n) is 82.7. The average Bonchev–Trinajstić information content (AvgIpc) is 1.60. The maximum atomic E-state index is 14.7. The number of carbonyl (C=O) groups excluding carboxylic acids is 6. The summed E-state index contributed by atoms with van der Waals surface area (Å²) in [6, 6.07) is 5.57. The van der Waals surface area contributed by atoms with Gasteiger partial charge in [0.25, 0.3) is 0 Å². The quantitative estimate of drug-likeness (QED) is 0.0592. The van der Waals surface area contributed by atoms with Crippen molar-refractivity contribution < 1.29 is 114 Å². The van der Waals surface area contributed by atoms with Gasteiger partial charge in [0, 0.05) is 89.0 Å². The van der Waals surface area contributed by atoms with Gasteiger partial charge in [0.2, 0.25) is 0 Å². The van der Waals surface area contributed by atoms with Gasteiger partial charge in [-0.15, -0.1) is 0 Å². The molecule has 28 heteroatoms. The fraction of sp³-hybridized carbons (Fsp3) is 0.788. The number of likely N-dealkylation sites (N-methyl/N-ethyl adjacent to an activating group) is 2. The third-order valence-electron chi connectivity index (χ3n) is 32.5. The first-order valence-electron chi connectivity index (χ1n) is 49.7. The Balaban J connectivity index is 0.000000177. The fourth-order valence-electron chi connectivity index (χ4n) is 24.7. The number of Topliss-reactive ketones (excluding diaryl/α,β-unsaturated/α-hetero) is 2. The lowest BCUT2D eigenvalue weighted by Gasteiger charge is -2.44. The van der Waals surface area contributed by atoms with Crippen molar-refractivity contribution in [3.05, 3.63) is 86.7 Å². The first kappa shape index (κ1) is 104. The Morgan fingerprint density at radius 1 is 0.508 bits per heavy atom. The molecular formula is C104H156Cl2N2O24. The van der Waals surface area contributed by atoms with Crippen molar-refractivity contribution in [2.24, 2.45) is 76.4 Å². The average molecular weight is 1890 g/mol. The molecule has 132 heavy (non-hydrogen) atoms. The number of halogens is 2. The lowest BCUT2D eigenvalue weighted by Crippen LogP contribution is -2.59. The molecule has 7 aliphatic carbocycles. The maximum absolute atomic E-state index is 14.7. The Morgan fingerprint density at radius 2 is 0.985 bits per heavy atom. The molecule has 1 aromatic carbocycles.